The molecule has 2 aromatic rings. The van der Waals surface area contributed by atoms with Crippen molar-refractivity contribution in [1.29, 1.82) is 0 Å². The highest BCUT2D eigenvalue weighted by molar-refractivity contribution is 5.69. The van der Waals surface area contributed by atoms with Crippen molar-refractivity contribution in [2.45, 2.75) is 45.9 Å². The second kappa shape index (κ2) is 10.2. The summed E-state index contributed by atoms with van der Waals surface area (Å²) in [7, 11) is 1.31. The molecule has 0 aliphatic carbocycles. The van der Waals surface area contributed by atoms with Gasteiger partial charge in [-0.05, 0) is 49.1 Å². The van der Waals surface area contributed by atoms with Gasteiger partial charge in [0.2, 0.25) is 0 Å². The molecule has 0 bridgehead atoms. The molecule has 0 N–H and O–H groups in total. The number of esters is 1. The molecule has 2 aromatic carbocycles. The SMILES string of the molecule is CCOc1cccc(CCC(=O)OC)c1COc1ccc(CC)cc1C(F)(F)F. The smallest absolute Gasteiger partial charge is 0.419 e. The zero-order valence-corrected chi connectivity index (χ0v) is 16.8. The van der Waals surface area contributed by atoms with Crippen molar-refractivity contribution >= 4 is 5.97 Å². The monoisotopic (exact) mass is 410 g/mol. The summed E-state index contributed by atoms with van der Waals surface area (Å²) in [5.74, 6) is -0.0817. The van der Waals surface area contributed by atoms with Gasteiger partial charge in [0.1, 0.15) is 18.1 Å². The van der Waals surface area contributed by atoms with Crippen LogP contribution in [0.15, 0.2) is 36.4 Å². The second-order valence-electron chi connectivity index (χ2n) is 6.37. The quantitative estimate of drug-likeness (QED) is 0.523. The van der Waals surface area contributed by atoms with Gasteiger partial charge in [-0.3, -0.25) is 4.79 Å². The molecule has 0 radical (unpaired) electrons. The van der Waals surface area contributed by atoms with Crippen molar-refractivity contribution in [2.24, 2.45) is 0 Å². The molecule has 158 valence electrons. The molecule has 0 heterocycles. The van der Waals surface area contributed by atoms with Crippen LogP contribution < -0.4 is 9.47 Å². The molecule has 0 unspecified atom stereocenters. The summed E-state index contributed by atoms with van der Waals surface area (Å²) >= 11 is 0. The first-order valence-electron chi connectivity index (χ1n) is 9.43. The number of aryl methyl sites for hydroxylation is 2. The third kappa shape index (κ3) is 6.14. The number of methoxy groups -OCH3 is 1. The molecule has 0 fully saturated rings. The Morgan fingerprint density at radius 2 is 1.79 bits per heavy atom. The molecule has 0 spiro atoms. The third-order valence-electron chi connectivity index (χ3n) is 4.49. The van der Waals surface area contributed by atoms with Crippen LogP contribution >= 0.6 is 0 Å². The van der Waals surface area contributed by atoms with Gasteiger partial charge in [0.15, 0.2) is 0 Å². The van der Waals surface area contributed by atoms with Crippen molar-refractivity contribution in [3.8, 4) is 11.5 Å². The lowest BCUT2D eigenvalue weighted by molar-refractivity contribution is -0.141. The normalized spacial score (nSPS) is 11.2. The summed E-state index contributed by atoms with van der Waals surface area (Å²) in [5.41, 5.74) is 1.16. The number of hydrogen-bond acceptors (Lipinski definition) is 4. The van der Waals surface area contributed by atoms with E-state index in [0.29, 0.717) is 36.3 Å². The van der Waals surface area contributed by atoms with E-state index in [1.807, 2.05) is 6.92 Å². The Hall–Kier alpha value is -2.70. The van der Waals surface area contributed by atoms with E-state index in [9.17, 15) is 18.0 Å². The Bertz CT molecular complexity index is 831. The highest BCUT2D eigenvalue weighted by Gasteiger charge is 2.34. The van der Waals surface area contributed by atoms with Crippen molar-refractivity contribution in [2.75, 3.05) is 13.7 Å². The molecule has 0 saturated carbocycles. The van der Waals surface area contributed by atoms with E-state index in [1.54, 1.807) is 31.2 Å². The lowest BCUT2D eigenvalue weighted by atomic mass is 10.0. The minimum absolute atomic E-state index is 0.110. The van der Waals surface area contributed by atoms with E-state index in [4.69, 9.17) is 9.47 Å². The van der Waals surface area contributed by atoms with Gasteiger partial charge in [-0.15, -0.1) is 0 Å². The maximum Gasteiger partial charge on any atom is 0.419 e. The molecule has 29 heavy (non-hydrogen) atoms. The molecule has 0 amide bonds. The molecule has 4 nitrogen and oxygen atoms in total. The fourth-order valence-electron chi connectivity index (χ4n) is 2.93. The molecule has 7 heteroatoms. The van der Waals surface area contributed by atoms with E-state index in [0.717, 1.165) is 11.6 Å². The summed E-state index contributed by atoms with van der Waals surface area (Å²) < 4.78 is 56.3. The fraction of sp³-hybridized carbons (Fsp3) is 0.409. The van der Waals surface area contributed by atoms with Crippen LogP contribution in [0.4, 0.5) is 13.2 Å². The number of carbonyl (C=O) groups excluding carboxylic acids is 1. The Morgan fingerprint density at radius 1 is 1.03 bits per heavy atom. The standard InChI is InChI=1S/C22H25F3O4/c1-4-15-9-11-20(18(13-15)22(23,24)25)29-14-17-16(10-12-21(26)27-3)7-6-8-19(17)28-5-2/h6-9,11,13H,4-5,10,12,14H2,1-3H3. The van der Waals surface area contributed by atoms with Crippen LogP contribution in [-0.4, -0.2) is 19.7 Å². The van der Waals surface area contributed by atoms with Crippen molar-refractivity contribution in [1.82, 2.24) is 0 Å². The zero-order valence-electron chi connectivity index (χ0n) is 16.8. The van der Waals surface area contributed by atoms with Crippen molar-refractivity contribution < 1.29 is 32.2 Å². The lowest BCUT2D eigenvalue weighted by Crippen LogP contribution is -2.11. The highest BCUT2D eigenvalue weighted by Crippen LogP contribution is 2.38. The van der Waals surface area contributed by atoms with E-state index >= 15 is 0 Å². The fourth-order valence-corrected chi connectivity index (χ4v) is 2.93. The molecular weight excluding hydrogens is 385 g/mol. The number of benzene rings is 2. The largest absolute Gasteiger partial charge is 0.493 e. The van der Waals surface area contributed by atoms with E-state index in [-0.39, 0.29) is 24.7 Å². The average Bonchev–Trinajstić information content (AvgIpc) is 2.70. The molecule has 0 saturated heterocycles. The van der Waals surface area contributed by atoms with Gasteiger partial charge in [-0.1, -0.05) is 25.1 Å². The number of alkyl halides is 3. The Morgan fingerprint density at radius 3 is 2.41 bits per heavy atom. The van der Waals surface area contributed by atoms with Gasteiger partial charge in [0.25, 0.3) is 0 Å². The molecular formula is C22H25F3O4. The van der Waals surface area contributed by atoms with Crippen LogP contribution in [0.3, 0.4) is 0 Å². The van der Waals surface area contributed by atoms with Crippen LogP contribution in [0.25, 0.3) is 0 Å². The Labute approximate surface area is 168 Å². The minimum Gasteiger partial charge on any atom is -0.493 e. The van der Waals surface area contributed by atoms with E-state index in [2.05, 4.69) is 4.74 Å². The number of hydrogen-bond donors (Lipinski definition) is 0. The maximum absolute atomic E-state index is 13.5. The Balaban J connectivity index is 2.32. The Kier molecular flexibility index (Phi) is 7.93. The first kappa shape index (κ1) is 22.6. The predicted octanol–water partition coefficient (Wildman–Crippen LogP) is 5.35. The van der Waals surface area contributed by atoms with Gasteiger partial charge >= 0.3 is 12.1 Å². The predicted molar refractivity (Wildman–Crippen MR) is 103 cm³/mol. The second-order valence-corrected chi connectivity index (χ2v) is 6.37. The number of halogens is 3. The topological polar surface area (TPSA) is 44.8 Å². The van der Waals surface area contributed by atoms with Gasteiger partial charge in [0.05, 0.1) is 19.3 Å². The molecule has 0 aliphatic rings. The molecule has 0 atom stereocenters. The molecule has 2 rings (SSSR count). The lowest BCUT2D eigenvalue weighted by Gasteiger charge is -2.18. The maximum atomic E-state index is 13.5. The summed E-state index contributed by atoms with van der Waals surface area (Å²) in [6.07, 6.45) is -3.51. The average molecular weight is 410 g/mol. The van der Waals surface area contributed by atoms with Gasteiger partial charge in [-0.25, -0.2) is 0 Å². The number of carbonyl (C=O) groups is 1. The van der Waals surface area contributed by atoms with Crippen LogP contribution in [0.1, 0.15) is 42.5 Å². The number of ether oxygens (including phenoxy) is 3. The van der Waals surface area contributed by atoms with Crippen molar-refractivity contribution in [3.05, 3.63) is 58.7 Å². The highest BCUT2D eigenvalue weighted by atomic mass is 19.4. The minimum atomic E-state index is -4.52. The summed E-state index contributed by atoms with van der Waals surface area (Å²) in [6, 6.07) is 9.39. The summed E-state index contributed by atoms with van der Waals surface area (Å²) in [4.78, 5) is 11.5. The molecule has 0 aromatic heterocycles. The van der Waals surface area contributed by atoms with Crippen LogP contribution in [0.5, 0.6) is 11.5 Å². The first-order chi connectivity index (χ1) is 13.8. The van der Waals surface area contributed by atoms with Gasteiger partial charge in [-0.2, -0.15) is 13.2 Å². The zero-order chi connectivity index (χ0) is 21.4. The van der Waals surface area contributed by atoms with Crippen LogP contribution in [-0.2, 0) is 35.2 Å². The first-order valence-corrected chi connectivity index (χ1v) is 9.43. The van der Waals surface area contributed by atoms with Crippen LogP contribution in [0.2, 0.25) is 0 Å². The third-order valence-corrected chi connectivity index (χ3v) is 4.49. The number of rotatable bonds is 9. The molecule has 0 aliphatic heterocycles. The van der Waals surface area contributed by atoms with Crippen LogP contribution in [0, 0.1) is 0 Å². The van der Waals surface area contributed by atoms with Gasteiger partial charge < -0.3 is 14.2 Å². The summed E-state index contributed by atoms with van der Waals surface area (Å²) in [6.45, 7) is 3.90. The van der Waals surface area contributed by atoms with Crippen molar-refractivity contribution in [3.63, 3.8) is 0 Å². The summed E-state index contributed by atoms with van der Waals surface area (Å²) in [5, 5.41) is 0. The van der Waals surface area contributed by atoms with Gasteiger partial charge in [0, 0.05) is 12.0 Å². The van der Waals surface area contributed by atoms with E-state index < -0.39 is 11.7 Å². The van der Waals surface area contributed by atoms with E-state index in [1.165, 1.54) is 13.2 Å².